The molecule has 0 saturated heterocycles. The molecule has 0 amide bonds. The summed E-state index contributed by atoms with van der Waals surface area (Å²) in [5.74, 6) is 0.164. The van der Waals surface area contributed by atoms with Gasteiger partial charge in [0.05, 0.1) is 0 Å². The largest absolute Gasteiger partial charge is 0.212 e. The Morgan fingerprint density at radius 2 is 1.90 bits per heavy atom. The van der Waals surface area contributed by atoms with E-state index in [0.717, 1.165) is 36.9 Å². The minimum Gasteiger partial charge on any atom is -0.201 e. The molecule has 1 nitrogen and oxygen atoms in total. The van der Waals surface area contributed by atoms with Crippen LogP contribution in [0.5, 0.6) is 0 Å². The molecule has 0 N–H and O–H groups in total. The number of rotatable bonds is 3. The van der Waals surface area contributed by atoms with Crippen LogP contribution in [0.25, 0.3) is 11.3 Å². The van der Waals surface area contributed by atoms with Gasteiger partial charge in [-0.1, -0.05) is 43.9 Å². The second kappa shape index (κ2) is 5.78. The number of aryl methyl sites for hydroxylation is 2. The Kier molecular flexibility index (Phi) is 3.20. The van der Waals surface area contributed by atoms with Gasteiger partial charge in [0.15, 0.2) is 6.20 Å². The Bertz CT molecular complexity index is 673. The zero-order valence-electron chi connectivity index (χ0n) is 14.4. The number of aromatic nitrogens is 1. The van der Waals surface area contributed by atoms with Crippen molar-refractivity contribution in [2.24, 2.45) is 13.0 Å². The van der Waals surface area contributed by atoms with Crippen molar-refractivity contribution in [3.63, 3.8) is 0 Å². The normalized spacial score (nSPS) is 17.9. The van der Waals surface area contributed by atoms with E-state index in [1.807, 2.05) is 31.4 Å². The van der Waals surface area contributed by atoms with E-state index >= 15 is 0 Å². The van der Waals surface area contributed by atoms with Crippen molar-refractivity contribution in [3.05, 3.63) is 53.7 Å². The fourth-order valence-electron chi connectivity index (χ4n) is 3.14. The Morgan fingerprint density at radius 1 is 1.15 bits per heavy atom. The van der Waals surface area contributed by atoms with Crippen LogP contribution in [0, 0.1) is 12.8 Å². The molecule has 1 heterocycles. The van der Waals surface area contributed by atoms with Crippen molar-refractivity contribution in [1.82, 2.24) is 0 Å². The summed E-state index contributed by atoms with van der Waals surface area (Å²) in [6.07, 6.45) is 5.10. The average molecular weight is 268 g/mol. The molecule has 2 aromatic rings. The van der Waals surface area contributed by atoms with Gasteiger partial charge < -0.3 is 0 Å². The monoisotopic (exact) mass is 268 g/mol. The molecule has 0 aliphatic heterocycles. The summed E-state index contributed by atoms with van der Waals surface area (Å²) < 4.78 is 19.1. The molecule has 1 aromatic heterocycles. The van der Waals surface area contributed by atoms with E-state index in [9.17, 15) is 0 Å². The van der Waals surface area contributed by atoms with E-state index in [1.54, 1.807) is 0 Å². The van der Waals surface area contributed by atoms with Crippen LogP contribution in [0.4, 0.5) is 0 Å². The molecule has 104 valence electrons. The predicted octanol–water partition coefficient (Wildman–Crippen LogP) is 4.22. The van der Waals surface area contributed by atoms with Gasteiger partial charge in [-0.2, -0.15) is 0 Å². The lowest BCUT2D eigenvalue weighted by Crippen LogP contribution is -2.31. The molecule has 0 radical (unpaired) electrons. The van der Waals surface area contributed by atoms with Gasteiger partial charge in [-0.05, 0) is 36.9 Å². The molecular weight excluding hydrogens is 242 g/mol. The zero-order valence-corrected chi connectivity index (χ0v) is 12.4. The second-order valence-corrected chi connectivity index (χ2v) is 5.85. The Balaban J connectivity index is 1.97. The standard InChI is InChI=1S/C19H24N/c1-15-7-3-6-10-18(15)19-12-11-17(14-20(19)2)13-16-8-4-5-9-16/h3,6-7,10-12,14,16H,4-5,8-9,13H2,1-2H3/q+1/i13D2. The first-order chi connectivity index (χ1) is 10.5. The molecule has 1 heteroatoms. The quantitative estimate of drug-likeness (QED) is 0.734. The van der Waals surface area contributed by atoms with Gasteiger partial charge in [-0.3, -0.25) is 0 Å². The van der Waals surface area contributed by atoms with Gasteiger partial charge in [0.2, 0.25) is 5.69 Å². The first-order valence-electron chi connectivity index (χ1n) is 8.56. The maximum atomic E-state index is 8.53. The average Bonchev–Trinajstić information content (AvgIpc) is 3.03. The van der Waals surface area contributed by atoms with Gasteiger partial charge in [0.1, 0.15) is 7.05 Å². The molecule has 0 unspecified atom stereocenters. The van der Waals surface area contributed by atoms with Crippen molar-refractivity contribution in [2.45, 2.75) is 39.0 Å². The molecular formula is C19H24N+. The Labute approximate surface area is 125 Å². The van der Waals surface area contributed by atoms with Crippen molar-refractivity contribution >= 4 is 0 Å². The number of benzene rings is 1. The van der Waals surface area contributed by atoms with E-state index in [4.69, 9.17) is 2.74 Å². The van der Waals surface area contributed by atoms with E-state index in [-0.39, 0.29) is 5.92 Å². The van der Waals surface area contributed by atoms with Crippen molar-refractivity contribution in [2.75, 3.05) is 0 Å². The van der Waals surface area contributed by atoms with Crippen LogP contribution in [0.15, 0.2) is 42.6 Å². The molecule has 0 spiro atoms. The highest BCUT2D eigenvalue weighted by Crippen LogP contribution is 2.28. The fraction of sp³-hybridized carbons (Fsp3) is 0.421. The number of hydrogen-bond donors (Lipinski definition) is 0. The second-order valence-electron chi connectivity index (χ2n) is 5.85. The molecule has 1 aliphatic carbocycles. The topological polar surface area (TPSA) is 3.88 Å². The maximum Gasteiger partial charge on any atom is 0.212 e. The Morgan fingerprint density at radius 3 is 2.60 bits per heavy atom. The summed E-state index contributed by atoms with van der Waals surface area (Å²) in [5.41, 5.74) is 4.38. The van der Waals surface area contributed by atoms with Crippen molar-refractivity contribution in [3.8, 4) is 11.3 Å². The summed E-state index contributed by atoms with van der Waals surface area (Å²) in [7, 11) is 2.01. The molecule has 1 saturated carbocycles. The summed E-state index contributed by atoms with van der Waals surface area (Å²) in [4.78, 5) is 0. The molecule has 20 heavy (non-hydrogen) atoms. The minimum atomic E-state index is -1.22. The first-order valence-corrected chi connectivity index (χ1v) is 7.56. The molecule has 1 aromatic carbocycles. The minimum absolute atomic E-state index is 0.164. The summed E-state index contributed by atoms with van der Waals surface area (Å²) in [6.45, 7) is 2.11. The lowest BCUT2D eigenvalue weighted by Gasteiger charge is -2.09. The smallest absolute Gasteiger partial charge is 0.201 e. The summed E-state index contributed by atoms with van der Waals surface area (Å²) >= 11 is 0. The zero-order chi connectivity index (χ0) is 15.7. The van der Waals surface area contributed by atoms with Crippen LogP contribution in [0.2, 0.25) is 0 Å². The number of hydrogen-bond acceptors (Lipinski definition) is 0. The first kappa shape index (κ1) is 11.1. The van der Waals surface area contributed by atoms with Crippen LogP contribution >= 0.6 is 0 Å². The fourth-order valence-corrected chi connectivity index (χ4v) is 3.14. The van der Waals surface area contributed by atoms with Crippen LogP contribution in [-0.4, -0.2) is 0 Å². The van der Waals surface area contributed by atoms with E-state index in [2.05, 4.69) is 29.7 Å². The van der Waals surface area contributed by atoms with Crippen LogP contribution < -0.4 is 4.57 Å². The van der Waals surface area contributed by atoms with Gasteiger partial charge in [0, 0.05) is 19.9 Å². The molecule has 1 fully saturated rings. The number of pyridine rings is 1. The summed E-state index contributed by atoms with van der Waals surface area (Å²) in [5, 5.41) is 0. The van der Waals surface area contributed by atoms with Crippen LogP contribution in [0.1, 0.15) is 39.6 Å². The highest BCUT2D eigenvalue weighted by atomic mass is 14.9. The van der Waals surface area contributed by atoms with Crippen molar-refractivity contribution < 1.29 is 7.31 Å². The maximum absolute atomic E-state index is 8.53. The van der Waals surface area contributed by atoms with E-state index < -0.39 is 6.37 Å². The lowest BCUT2D eigenvalue weighted by molar-refractivity contribution is -0.660. The third kappa shape index (κ3) is 2.77. The molecule has 3 rings (SSSR count). The predicted molar refractivity (Wildman–Crippen MR) is 83.5 cm³/mol. The van der Waals surface area contributed by atoms with E-state index in [0.29, 0.717) is 0 Å². The molecule has 0 bridgehead atoms. The summed E-state index contributed by atoms with van der Waals surface area (Å²) in [6, 6.07) is 12.4. The molecule has 0 atom stereocenters. The number of nitrogens with zero attached hydrogens (tertiary/aromatic N) is 1. The van der Waals surface area contributed by atoms with Crippen LogP contribution in [-0.2, 0) is 13.4 Å². The highest BCUT2D eigenvalue weighted by Gasteiger charge is 2.18. The lowest BCUT2D eigenvalue weighted by atomic mass is 9.98. The van der Waals surface area contributed by atoms with Gasteiger partial charge in [-0.15, -0.1) is 0 Å². The SMILES string of the molecule is [2H]C([2H])(c1ccc(-c2ccccc2C)[n+](C)c1)C1CCCC1. The Hall–Kier alpha value is -1.63. The van der Waals surface area contributed by atoms with Gasteiger partial charge in [0.25, 0.3) is 0 Å². The van der Waals surface area contributed by atoms with Gasteiger partial charge >= 0.3 is 0 Å². The van der Waals surface area contributed by atoms with Crippen LogP contribution in [0.3, 0.4) is 0 Å². The van der Waals surface area contributed by atoms with Crippen molar-refractivity contribution in [1.29, 1.82) is 0 Å². The van der Waals surface area contributed by atoms with Gasteiger partial charge in [-0.25, -0.2) is 4.57 Å². The third-order valence-corrected chi connectivity index (χ3v) is 4.28. The highest BCUT2D eigenvalue weighted by molar-refractivity contribution is 5.60. The third-order valence-electron chi connectivity index (χ3n) is 4.28. The molecule has 1 aliphatic rings. The van der Waals surface area contributed by atoms with E-state index in [1.165, 1.54) is 11.1 Å².